The molecule has 0 aliphatic rings. The van der Waals surface area contributed by atoms with Crippen molar-refractivity contribution in [3.05, 3.63) is 30.1 Å². The molecule has 5 heteroatoms. The first-order valence-corrected chi connectivity index (χ1v) is 2.68. The van der Waals surface area contributed by atoms with E-state index in [1.54, 1.807) is 12.1 Å². The molecule has 2 nitrogen and oxygen atoms in total. The highest BCUT2D eigenvalue weighted by molar-refractivity contribution is 7.80. The second-order valence-corrected chi connectivity index (χ2v) is 2.00. The van der Waals surface area contributed by atoms with E-state index >= 15 is 0 Å². The Morgan fingerprint density at radius 3 is 2.00 bits per heavy atom. The van der Waals surface area contributed by atoms with Crippen LogP contribution in [0.25, 0.3) is 0 Å². The Morgan fingerprint density at radius 1 is 1.18 bits per heavy atom. The molecule has 0 aliphatic heterocycles. The van der Waals surface area contributed by atoms with Crippen molar-refractivity contribution < 1.29 is 15.3 Å². The van der Waals surface area contributed by atoms with Crippen LogP contribution in [0.3, 0.4) is 0 Å². The molecular formula is C6H10ClFO2S. The average Bonchev–Trinajstić information content (AvgIpc) is 1.64. The van der Waals surface area contributed by atoms with Gasteiger partial charge in [-0.15, -0.1) is 25.0 Å². The summed E-state index contributed by atoms with van der Waals surface area (Å²) in [5.74, 6) is -0.238. The van der Waals surface area contributed by atoms with Crippen LogP contribution in [0.4, 0.5) is 4.39 Å². The van der Waals surface area contributed by atoms with Gasteiger partial charge in [0.05, 0.1) is 0 Å². The minimum Gasteiger partial charge on any atom is -0.412 e. The second-order valence-electron chi connectivity index (χ2n) is 1.48. The fraction of sp³-hybridized carbons (Fsp3) is 0. The number of halogens is 2. The fourth-order valence-corrected chi connectivity index (χ4v) is 0.686. The predicted octanol–water partition coefficient (Wildman–Crippen LogP) is 0.887. The molecule has 11 heavy (non-hydrogen) atoms. The van der Waals surface area contributed by atoms with Gasteiger partial charge in [-0.2, -0.15) is 0 Å². The van der Waals surface area contributed by atoms with Crippen LogP contribution in [-0.2, 0) is 0 Å². The maximum atomic E-state index is 12.1. The maximum absolute atomic E-state index is 12.1. The van der Waals surface area contributed by atoms with Crippen LogP contribution in [0.2, 0.25) is 0 Å². The molecule has 0 aliphatic carbocycles. The van der Waals surface area contributed by atoms with E-state index in [9.17, 15) is 4.39 Å². The minimum atomic E-state index is -0.238. The second kappa shape index (κ2) is 7.81. The zero-order chi connectivity index (χ0) is 5.98. The van der Waals surface area contributed by atoms with Gasteiger partial charge in [0.1, 0.15) is 5.82 Å². The molecule has 66 valence electrons. The van der Waals surface area contributed by atoms with Crippen molar-refractivity contribution in [1.82, 2.24) is 0 Å². The third-order valence-corrected chi connectivity index (χ3v) is 1.09. The molecule has 0 amide bonds. The molecule has 4 N–H and O–H groups in total. The van der Waals surface area contributed by atoms with Gasteiger partial charge in [0.25, 0.3) is 0 Å². The highest BCUT2D eigenvalue weighted by Gasteiger charge is 1.85. The first-order chi connectivity index (χ1) is 3.79. The fourth-order valence-electron chi connectivity index (χ4n) is 0.476. The molecule has 0 heterocycles. The van der Waals surface area contributed by atoms with E-state index in [0.717, 1.165) is 0 Å². The Balaban J connectivity index is -0.000000213. The Morgan fingerprint density at radius 2 is 1.73 bits per heavy atom. The van der Waals surface area contributed by atoms with Crippen LogP contribution in [0.15, 0.2) is 29.2 Å². The van der Waals surface area contributed by atoms with Crippen molar-refractivity contribution in [2.24, 2.45) is 0 Å². The van der Waals surface area contributed by atoms with Crippen LogP contribution in [-0.4, -0.2) is 11.0 Å². The van der Waals surface area contributed by atoms with Crippen LogP contribution < -0.4 is 0 Å². The molecular weight excluding hydrogens is 191 g/mol. The third kappa shape index (κ3) is 6.12. The van der Waals surface area contributed by atoms with Crippen LogP contribution in [0, 0.1) is 5.82 Å². The summed E-state index contributed by atoms with van der Waals surface area (Å²) in [5.41, 5.74) is 0. The van der Waals surface area contributed by atoms with Crippen LogP contribution in [0.1, 0.15) is 0 Å². The van der Waals surface area contributed by atoms with Gasteiger partial charge in [-0.25, -0.2) is 4.39 Å². The topological polar surface area (TPSA) is 63.0 Å². The van der Waals surface area contributed by atoms with E-state index in [4.69, 9.17) is 0 Å². The SMILES string of the molecule is Cl.Fc1cccc(S)c1.O.O. The molecule has 0 fully saturated rings. The molecule has 0 bridgehead atoms. The average molecular weight is 201 g/mol. The number of thiol groups is 1. The Kier molecular flexibility index (Phi) is 12.1. The Bertz CT molecular complexity index is 180. The molecule has 1 aromatic carbocycles. The summed E-state index contributed by atoms with van der Waals surface area (Å²) >= 11 is 3.91. The minimum absolute atomic E-state index is 0. The molecule has 0 radical (unpaired) electrons. The van der Waals surface area contributed by atoms with Crippen molar-refractivity contribution in [2.75, 3.05) is 0 Å². The van der Waals surface area contributed by atoms with Gasteiger partial charge in [0, 0.05) is 4.90 Å². The predicted molar refractivity (Wildman–Crippen MR) is 48.1 cm³/mol. The molecule has 0 aromatic heterocycles. The Hall–Kier alpha value is -0.290. The lowest BCUT2D eigenvalue weighted by Crippen LogP contribution is -1.69. The van der Waals surface area contributed by atoms with E-state index < -0.39 is 0 Å². The van der Waals surface area contributed by atoms with E-state index in [-0.39, 0.29) is 29.2 Å². The summed E-state index contributed by atoms with van der Waals surface area (Å²) < 4.78 is 12.1. The molecule has 1 aromatic rings. The van der Waals surface area contributed by atoms with E-state index in [2.05, 4.69) is 12.6 Å². The van der Waals surface area contributed by atoms with Crippen LogP contribution >= 0.6 is 25.0 Å². The lowest BCUT2D eigenvalue weighted by Gasteiger charge is -1.86. The molecule has 0 saturated carbocycles. The van der Waals surface area contributed by atoms with E-state index in [0.29, 0.717) is 4.90 Å². The van der Waals surface area contributed by atoms with Gasteiger partial charge < -0.3 is 11.0 Å². The summed E-state index contributed by atoms with van der Waals surface area (Å²) in [5, 5.41) is 0. The smallest absolute Gasteiger partial charge is 0.124 e. The maximum Gasteiger partial charge on any atom is 0.124 e. The third-order valence-electron chi connectivity index (χ3n) is 0.808. The standard InChI is InChI=1S/C6H5FS.ClH.2H2O/c7-5-2-1-3-6(8)4-5;;;/h1-4,8H;1H;2*1H2. The summed E-state index contributed by atoms with van der Waals surface area (Å²) in [4.78, 5) is 0.657. The summed E-state index contributed by atoms with van der Waals surface area (Å²) in [6, 6.07) is 6.10. The lowest BCUT2D eigenvalue weighted by atomic mass is 10.4. The van der Waals surface area contributed by atoms with E-state index in [1.165, 1.54) is 12.1 Å². The number of rotatable bonds is 0. The first-order valence-electron chi connectivity index (χ1n) is 2.23. The first kappa shape index (κ1) is 17.0. The van der Waals surface area contributed by atoms with Crippen molar-refractivity contribution in [3.63, 3.8) is 0 Å². The van der Waals surface area contributed by atoms with E-state index in [1.807, 2.05) is 0 Å². The van der Waals surface area contributed by atoms with Gasteiger partial charge in [-0.3, -0.25) is 0 Å². The summed E-state index contributed by atoms with van der Waals surface area (Å²) in [6.07, 6.45) is 0. The lowest BCUT2D eigenvalue weighted by molar-refractivity contribution is 0.624. The highest BCUT2D eigenvalue weighted by Crippen LogP contribution is 2.05. The molecule has 0 spiro atoms. The van der Waals surface area contributed by atoms with Crippen molar-refractivity contribution in [2.45, 2.75) is 4.90 Å². The molecule has 0 saturated heterocycles. The van der Waals surface area contributed by atoms with Gasteiger partial charge in [0.15, 0.2) is 0 Å². The van der Waals surface area contributed by atoms with Gasteiger partial charge in [-0.05, 0) is 18.2 Å². The van der Waals surface area contributed by atoms with Gasteiger partial charge in [-0.1, -0.05) is 6.07 Å². The van der Waals surface area contributed by atoms with Crippen molar-refractivity contribution >= 4 is 25.0 Å². The largest absolute Gasteiger partial charge is 0.412 e. The number of hydrogen-bond acceptors (Lipinski definition) is 1. The number of hydrogen-bond donors (Lipinski definition) is 1. The zero-order valence-corrected chi connectivity index (χ0v) is 7.25. The normalized spacial score (nSPS) is 6.73. The highest BCUT2D eigenvalue weighted by atomic mass is 35.5. The van der Waals surface area contributed by atoms with Crippen molar-refractivity contribution in [3.8, 4) is 0 Å². The van der Waals surface area contributed by atoms with Crippen molar-refractivity contribution in [1.29, 1.82) is 0 Å². The molecule has 1 rings (SSSR count). The Labute approximate surface area is 75.9 Å². The summed E-state index contributed by atoms with van der Waals surface area (Å²) in [6.45, 7) is 0. The molecule has 0 atom stereocenters. The quantitative estimate of drug-likeness (QED) is 0.605. The monoisotopic (exact) mass is 200 g/mol. The summed E-state index contributed by atoms with van der Waals surface area (Å²) in [7, 11) is 0. The molecule has 0 unspecified atom stereocenters. The van der Waals surface area contributed by atoms with Gasteiger partial charge in [0.2, 0.25) is 0 Å². The van der Waals surface area contributed by atoms with Crippen LogP contribution in [0.5, 0.6) is 0 Å². The number of benzene rings is 1. The zero-order valence-electron chi connectivity index (χ0n) is 5.54. The van der Waals surface area contributed by atoms with Gasteiger partial charge >= 0.3 is 0 Å².